The van der Waals surface area contributed by atoms with E-state index in [1.54, 1.807) is 4.90 Å². The van der Waals surface area contributed by atoms with Gasteiger partial charge in [-0.1, -0.05) is 12.8 Å². The van der Waals surface area contributed by atoms with Gasteiger partial charge in [0.1, 0.15) is 6.04 Å². The van der Waals surface area contributed by atoms with Crippen LogP contribution < -0.4 is 5.32 Å². The zero-order valence-corrected chi connectivity index (χ0v) is 11.9. The molecule has 3 unspecified atom stereocenters. The molecule has 5 heteroatoms. The Labute approximate surface area is 119 Å². The first-order chi connectivity index (χ1) is 9.59. The highest BCUT2D eigenvalue weighted by Gasteiger charge is 2.47. The number of carbonyl (C=O) groups excluding carboxylic acids is 1. The van der Waals surface area contributed by atoms with Crippen molar-refractivity contribution in [1.82, 2.24) is 10.2 Å². The van der Waals surface area contributed by atoms with Crippen LogP contribution in [0.2, 0.25) is 0 Å². The van der Waals surface area contributed by atoms with Crippen molar-refractivity contribution in [1.29, 1.82) is 0 Å². The average molecular weight is 278 g/mol. The van der Waals surface area contributed by atoms with Gasteiger partial charge in [0.2, 0.25) is 0 Å². The van der Waals surface area contributed by atoms with Gasteiger partial charge in [-0.25, -0.2) is 4.79 Å². The summed E-state index contributed by atoms with van der Waals surface area (Å²) in [5.41, 5.74) is 1.87. The van der Waals surface area contributed by atoms with E-state index < -0.39 is 12.0 Å². The fraction of sp³-hybridized carbons (Fsp3) is 0.733. The first kappa shape index (κ1) is 13.6. The molecule has 0 aromatic rings. The molecule has 0 spiro atoms. The standard InChI is InChI=1S/C15H22N2O3/c1-9(11-7-16-8-11)14(18)17-12-5-3-2-4-10(12)6-13(17)15(19)20/h10,12-13,16H,2-8H2,1H3,(H,19,20). The number of likely N-dealkylation sites (tertiary alicyclic amines) is 1. The zero-order valence-electron chi connectivity index (χ0n) is 11.9. The highest BCUT2D eigenvalue weighted by Crippen LogP contribution is 2.40. The minimum Gasteiger partial charge on any atom is -0.480 e. The maximum atomic E-state index is 12.7. The van der Waals surface area contributed by atoms with Gasteiger partial charge in [0.25, 0.3) is 5.91 Å². The first-order valence-corrected chi connectivity index (χ1v) is 7.54. The van der Waals surface area contributed by atoms with Gasteiger partial charge in [-0.15, -0.1) is 0 Å². The van der Waals surface area contributed by atoms with E-state index in [0.717, 1.165) is 43.5 Å². The van der Waals surface area contributed by atoms with Crippen molar-refractivity contribution in [3.8, 4) is 0 Å². The summed E-state index contributed by atoms with van der Waals surface area (Å²) in [5, 5.41) is 12.6. The van der Waals surface area contributed by atoms with Crippen molar-refractivity contribution in [2.75, 3.05) is 13.1 Å². The number of carboxylic acids is 1. The number of fused-ring (bicyclic) bond motifs is 1. The quantitative estimate of drug-likeness (QED) is 0.743. The molecular formula is C15H22N2O3. The van der Waals surface area contributed by atoms with Gasteiger partial charge < -0.3 is 15.3 Å². The van der Waals surface area contributed by atoms with Crippen molar-refractivity contribution in [2.45, 2.75) is 51.1 Å². The molecule has 2 saturated heterocycles. The first-order valence-electron chi connectivity index (χ1n) is 7.54. The number of amides is 1. The van der Waals surface area contributed by atoms with Crippen LogP contribution >= 0.6 is 0 Å². The molecule has 0 aromatic carbocycles. The fourth-order valence-corrected chi connectivity index (χ4v) is 3.83. The SMILES string of the molecule is CC(C(=O)N1C(C(=O)O)CC2CCCCC21)=C1CNC1. The second-order valence-electron chi connectivity index (χ2n) is 6.25. The molecule has 1 aliphatic carbocycles. The molecule has 3 atom stereocenters. The Morgan fingerprint density at radius 2 is 1.95 bits per heavy atom. The van der Waals surface area contributed by atoms with E-state index in [-0.39, 0.29) is 11.9 Å². The van der Waals surface area contributed by atoms with E-state index in [4.69, 9.17) is 0 Å². The third kappa shape index (κ3) is 2.14. The molecule has 110 valence electrons. The van der Waals surface area contributed by atoms with Gasteiger partial charge in [0.15, 0.2) is 0 Å². The maximum absolute atomic E-state index is 12.7. The predicted molar refractivity (Wildman–Crippen MR) is 74.2 cm³/mol. The van der Waals surface area contributed by atoms with Gasteiger partial charge in [0, 0.05) is 24.7 Å². The zero-order chi connectivity index (χ0) is 14.3. The van der Waals surface area contributed by atoms with Crippen LogP contribution in [0.4, 0.5) is 0 Å². The van der Waals surface area contributed by atoms with Crippen molar-refractivity contribution in [3.63, 3.8) is 0 Å². The lowest BCUT2D eigenvalue weighted by Gasteiger charge is -2.34. The van der Waals surface area contributed by atoms with Crippen LogP contribution in [0.15, 0.2) is 11.1 Å². The van der Waals surface area contributed by atoms with Gasteiger partial charge in [-0.3, -0.25) is 4.79 Å². The van der Waals surface area contributed by atoms with E-state index in [9.17, 15) is 14.7 Å². The molecule has 2 heterocycles. The summed E-state index contributed by atoms with van der Waals surface area (Å²) in [6.07, 6.45) is 4.93. The highest BCUT2D eigenvalue weighted by atomic mass is 16.4. The summed E-state index contributed by atoms with van der Waals surface area (Å²) in [4.78, 5) is 25.9. The Balaban J connectivity index is 1.87. The Kier molecular flexibility index (Phi) is 3.54. The maximum Gasteiger partial charge on any atom is 0.326 e. The second-order valence-corrected chi connectivity index (χ2v) is 6.25. The summed E-state index contributed by atoms with van der Waals surface area (Å²) in [7, 11) is 0. The predicted octanol–water partition coefficient (Wildman–Crippen LogP) is 1.15. The molecule has 0 radical (unpaired) electrons. The van der Waals surface area contributed by atoms with Crippen LogP contribution in [0.3, 0.4) is 0 Å². The number of carboxylic acid groups (broad SMARTS) is 1. The number of nitrogens with one attached hydrogen (secondary N) is 1. The van der Waals surface area contributed by atoms with Crippen LogP contribution in [0, 0.1) is 5.92 Å². The third-order valence-corrected chi connectivity index (χ3v) is 5.14. The number of carbonyl (C=O) groups is 2. The van der Waals surface area contributed by atoms with Gasteiger partial charge >= 0.3 is 5.97 Å². The largest absolute Gasteiger partial charge is 0.480 e. The number of aliphatic carboxylic acids is 1. The summed E-state index contributed by atoms with van der Waals surface area (Å²) in [6, 6.07) is -0.486. The van der Waals surface area contributed by atoms with Crippen molar-refractivity contribution < 1.29 is 14.7 Å². The van der Waals surface area contributed by atoms with Crippen LogP contribution in [0.25, 0.3) is 0 Å². The molecule has 0 bridgehead atoms. The normalized spacial score (nSPS) is 32.5. The topological polar surface area (TPSA) is 69.6 Å². The van der Waals surface area contributed by atoms with E-state index in [1.807, 2.05) is 6.92 Å². The van der Waals surface area contributed by atoms with Crippen LogP contribution in [-0.4, -0.2) is 47.1 Å². The summed E-state index contributed by atoms with van der Waals surface area (Å²) >= 11 is 0. The molecule has 2 N–H and O–H groups in total. The molecule has 0 aromatic heterocycles. The van der Waals surface area contributed by atoms with E-state index in [1.165, 1.54) is 6.42 Å². The molecule has 3 aliphatic rings. The summed E-state index contributed by atoms with van der Waals surface area (Å²) in [6.45, 7) is 3.36. The Hall–Kier alpha value is -1.36. The molecule has 20 heavy (non-hydrogen) atoms. The number of hydrogen-bond donors (Lipinski definition) is 2. The molecule has 3 fully saturated rings. The van der Waals surface area contributed by atoms with Crippen molar-refractivity contribution >= 4 is 11.9 Å². The summed E-state index contributed by atoms with van der Waals surface area (Å²) < 4.78 is 0. The summed E-state index contributed by atoms with van der Waals surface area (Å²) in [5.74, 6) is -0.522. The smallest absolute Gasteiger partial charge is 0.326 e. The van der Waals surface area contributed by atoms with Crippen LogP contribution in [-0.2, 0) is 9.59 Å². The average Bonchev–Trinajstić information content (AvgIpc) is 2.75. The van der Waals surface area contributed by atoms with Gasteiger partial charge in [0.05, 0.1) is 0 Å². The van der Waals surface area contributed by atoms with Crippen LogP contribution in [0.1, 0.15) is 39.0 Å². The minimum absolute atomic E-state index is 0.0525. The molecule has 1 saturated carbocycles. The van der Waals surface area contributed by atoms with E-state index >= 15 is 0 Å². The molecule has 3 rings (SSSR count). The van der Waals surface area contributed by atoms with Crippen LogP contribution in [0.5, 0.6) is 0 Å². The molecular weight excluding hydrogens is 256 g/mol. The van der Waals surface area contributed by atoms with E-state index in [2.05, 4.69) is 5.32 Å². The second kappa shape index (κ2) is 5.20. The molecule has 1 amide bonds. The minimum atomic E-state index is -0.850. The van der Waals surface area contributed by atoms with E-state index in [0.29, 0.717) is 12.3 Å². The lowest BCUT2D eigenvalue weighted by atomic mass is 9.84. The van der Waals surface area contributed by atoms with Crippen molar-refractivity contribution in [3.05, 3.63) is 11.1 Å². The monoisotopic (exact) mass is 278 g/mol. The Bertz CT molecular complexity index is 466. The molecule has 5 nitrogen and oxygen atoms in total. The third-order valence-electron chi connectivity index (χ3n) is 5.14. The number of nitrogens with zero attached hydrogens (tertiary/aromatic N) is 1. The highest BCUT2D eigenvalue weighted by molar-refractivity contribution is 5.97. The number of hydrogen-bond acceptors (Lipinski definition) is 3. The lowest BCUT2D eigenvalue weighted by molar-refractivity contribution is -0.148. The Morgan fingerprint density at radius 3 is 2.55 bits per heavy atom. The van der Waals surface area contributed by atoms with Gasteiger partial charge in [-0.2, -0.15) is 0 Å². The fourth-order valence-electron chi connectivity index (χ4n) is 3.83. The van der Waals surface area contributed by atoms with Gasteiger partial charge in [-0.05, 0) is 37.7 Å². The lowest BCUT2D eigenvalue weighted by Crippen LogP contribution is -2.48. The van der Waals surface area contributed by atoms with Crippen molar-refractivity contribution in [2.24, 2.45) is 5.92 Å². The molecule has 2 aliphatic heterocycles. The Morgan fingerprint density at radius 1 is 1.25 bits per heavy atom. The number of rotatable bonds is 2.